The van der Waals surface area contributed by atoms with Crippen LogP contribution < -0.4 is 15.0 Å². The standard InChI is InChI=1S/C30H44N2O6/c1-4-36-23(2)20-35-21-24-6-9-26(10-7-24)30(33)12-13-31-19-29(30)38-22-25-8-11-28-27(18-25)32(15-17-37-28)14-5-16-34-3/h6-11,18,23,29,31,33H,4-5,12-17,19-22H2,1-3H3/t23-,29+,30+/m1/s1. The lowest BCUT2D eigenvalue weighted by molar-refractivity contribution is -0.134. The van der Waals surface area contributed by atoms with Gasteiger partial charge < -0.3 is 39.0 Å². The van der Waals surface area contributed by atoms with Crippen LogP contribution in [0.15, 0.2) is 42.5 Å². The van der Waals surface area contributed by atoms with Crippen molar-refractivity contribution in [2.75, 3.05) is 64.6 Å². The molecule has 38 heavy (non-hydrogen) atoms. The molecule has 2 aliphatic heterocycles. The Morgan fingerprint density at radius 3 is 2.76 bits per heavy atom. The monoisotopic (exact) mass is 528 g/mol. The average Bonchev–Trinajstić information content (AvgIpc) is 2.93. The van der Waals surface area contributed by atoms with Crippen molar-refractivity contribution in [3.8, 4) is 5.75 Å². The number of ether oxygens (including phenoxy) is 5. The molecule has 4 rings (SSSR count). The molecule has 2 aliphatic rings. The minimum atomic E-state index is -1.06. The minimum Gasteiger partial charge on any atom is -0.490 e. The van der Waals surface area contributed by atoms with Gasteiger partial charge in [-0.05, 0) is 62.1 Å². The molecule has 0 aromatic heterocycles. The number of piperidine rings is 1. The van der Waals surface area contributed by atoms with E-state index in [1.54, 1.807) is 7.11 Å². The third kappa shape index (κ3) is 7.46. The van der Waals surface area contributed by atoms with Gasteiger partial charge in [-0.2, -0.15) is 0 Å². The van der Waals surface area contributed by atoms with Crippen LogP contribution in [0.5, 0.6) is 5.75 Å². The number of methoxy groups -OCH3 is 1. The maximum absolute atomic E-state index is 11.8. The fourth-order valence-electron chi connectivity index (χ4n) is 5.17. The molecular weight excluding hydrogens is 484 g/mol. The third-order valence-corrected chi connectivity index (χ3v) is 7.28. The number of hydrogen-bond donors (Lipinski definition) is 2. The van der Waals surface area contributed by atoms with E-state index in [-0.39, 0.29) is 12.2 Å². The summed E-state index contributed by atoms with van der Waals surface area (Å²) in [4.78, 5) is 2.35. The first-order chi connectivity index (χ1) is 18.5. The van der Waals surface area contributed by atoms with Crippen molar-refractivity contribution in [2.45, 2.75) is 57.7 Å². The topological polar surface area (TPSA) is 81.7 Å². The van der Waals surface area contributed by atoms with Crippen LogP contribution >= 0.6 is 0 Å². The zero-order chi connectivity index (χ0) is 26.8. The Balaban J connectivity index is 1.38. The molecule has 2 N–H and O–H groups in total. The largest absolute Gasteiger partial charge is 0.490 e. The Morgan fingerprint density at radius 2 is 1.97 bits per heavy atom. The van der Waals surface area contributed by atoms with Crippen molar-refractivity contribution >= 4 is 5.69 Å². The zero-order valence-electron chi connectivity index (χ0n) is 23.1. The number of rotatable bonds is 14. The fourth-order valence-corrected chi connectivity index (χ4v) is 5.17. The van der Waals surface area contributed by atoms with Gasteiger partial charge in [0.15, 0.2) is 0 Å². The quantitative estimate of drug-likeness (QED) is 0.360. The first-order valence-electron chi connectivity index (χ1n) is 13.9. The molecule has 0 spiro atoms. The zero-order valence-corrected chi connectivity index (χ0v) is 23.1. The molecule has 3 atom stereocenters. The van der Waals surface area contributed by atoms with Crippen LogP contribution in [0.4, 0.5) is 5.69 Å². The van der Waals surface area contributed by atoms with Crippen molar-refractivity contribution in [3.05, 3.63) is 59.2 Å². The maximum Gasteiger partial charge on any atom is 0.142 e. The molecule has 0 aliphatic carbocycles. The molecule has 0 amide bonds. The van der Waals surface area contributed by atoms with E-state index in [4.69, 9.17) is 23.7 Å². The summed E-state index contributed by atoms with van der Waals surface area (Å²) < 4.78 is 28.8. The summed E-state index contributed by atoms with van der Waals surface area (Å²) in [5.74, 6) is 0.907. The number of nitrogens with zero attached hydrogens (tertiary/aromatic N) is 1. The van der Waals surface area contributed by atoms with Crippen LogP contribution in [-0.2, 0) is 37.8 Å². The third-order valence-electron chi connectivity index (χ3n) is 7.28. The second-order valence-corrected chi connectivity index (χ2v) is 10.1. The van der Waals surface area contributed by atoms with Crippen LogP contribution in [0, 0.1) is 0 Å². The summed E-state index contributed by atoms with van der Waals surface area (Å²) in [7, 11) is 1.73. The van der Waals surface area contributed by atoms with Crippen LogP contribution in [0.25, 0.3) is 0 Å². The van der Waals surface area contributed by atoms with Crippen molar-refractivity contribution in [1.82, 2.24) is 5.32 Å². The Kier molecular flexibility index (Phi) is 10.8. The molecule has 0 bridgehead atoms. The normalized spacial score (nSPS) is 22.1. The van der Waals surface area contributed by atoms with E-state index >= 15 is 0 Å². The minimum absolute atomic E-state index is 0.0778. The van der Waals surface area contributed by atoms with E-state index in [2.05, 4.69) is 16.3 Å². The molecule has 0 saturated carbocycles. The Hall–Kier alpha value is -2.20. The first-order valence-corrected chi connectivity index (χ1v) is 13.9. The number of hydrogen-bond acceptors (Lipinski definition) is 8. The highest BCUT2D eigenvalue weighted by molar-refractivity contribution is 5.61. The van der Waals surface area contributed by atoms with E-state index in [1.165, 1.54) is 0 Å². The Morgan fingerprint density at radius 1 is 1.16 bits per heavy atom. The highest BCUT2D eigenvalue weighted by Gasteiger charge is 2.41. The van der Waals surface area contributed by atoms with Gasteiger partial charge in [-0.3, -0.25) is 0 Å². The van der Waals surface area contributed by atoms with E-state index in [1.807, 2.05) is 50.2 Å². The SMILES string of the molecule is CCO[C@H](C)COCc1ccc([C@@]2(O)CCNC[C@@H]2OCc2ccc3c(c2)N(CCCOC)CCO3)cc1. The lowest BCUT2D eigenvalue weighted by Gasteiger charge is -2.40. The number of fused-ring (bicyclic) bond motifs is 1. The summed E-state index contributed by atoms with van der Waals surface area (Å²) in [6.45, 7) is 10.7. The van der Waals surface area contributed by atoms with Crippen LogP contribution in [0.3, 0.4) is 0 Å². The molecule has 0 radical (unpaired) electrons. The summed E-state index contributed by atoms with van der Waals surface area (Å²) in [6.07, 6.45) is 1.27. The Bertz CT molecular complexity index is 987. The molecule has 8 nitrogen and oxygen atoms in total. The van der Waals surface area contributed by atoms with E-state index in [9.17, 15) is 5.11 Å². The van der Waals surface area contributed by atoms with Crippen LogP contribution in [-0.4, -0.2) is 77.0 Å². The smallest absolute Gasteiger partial charge is 0.142 e. The van der Waals surface area contributed by atoms with Gasteiger partial charge in [-0.25, -0.2) is 0 Å². The molecular formula is C30H44N2O6. The van der Waals surface area contributed by atoms with Gasteiger partial charge >= 0.3 is 0 Å². The second-order valence-electron chi connectivity index (χ2n) is 10.1. The van der Waals surface area contributed by atoms with Crippen LogP contribution in [0.1, 0.15) is 43.4 Å². The molecule has 1 fully saturated rings. The van der Waals surface area contributed by atoms with Gasteiger partial charge in [-0.15, -0.1) is 0 Å². The van der Waals surface area contributed by atoms with Crippen molar-refractivity contribution in [1.29, 1.82) is 0 Å². The summed E-state index contributed by atoms with van der Waals surface area (Å²) in [5, 5.41) is 15.2. The van der Waals surface area contributed by atoms with Gasteiger partial charge in [0.2, 0.25) is 0 Å². The predicted octanol–water partition coefficient (Wildman–Crippen LogP) is 3.63. The molecule has 2 aromatic carbocycles. The molecule has 2 aromatic rings. The van der Waals surface area contributed by atoms with Crippen molar-refractivity contribution < 1.29 is 28.8 Å². The molecule has 0 unspecified atom stereocenters. The molecule has 1 saturated heterocycles. The Labute approximate surface area is 227 Å². The predicted molar refractivity (Wildman–Crippen MR) is 148 cm³/mol. The number of aliphatic hydroxyl groups is 1. The van der Waals surface area contributed by atoms with E-state index in [0.29, 0.717) is 46.0 Å². The lowest BCUT2D eigenvalue weighted by Crippen LogP contribution is -2.53. The van der Waals surface area contributed by atoms with Gasteiger partial charge in [0.1, 0.15) is 24.1 Å². The lowest BCUT2D eigenvalue weighted by atomic mass is 9.82. The first kappa shape index (κ1) is 28.8. The van der Waals surface area contributed by atoms with Gasteiger partial charge in [0.25, 0.3) is 0 Å². The summed E-state index contributed by atoms with van der Waals surface area (Å²) in [6, 6.07) is 14.3. The highest BCUT2D eigenvalue weighted by Crippen LogP contribution is 2.35. The van der Waals surface area contributed by atoms with Crippen molar-refractivity contribution in [3.63, 3.8) is 0 Å². The number of nitrogens with one attached hydrogen (secondary N) is 1. The average molecular weight is 529 g/mol. The summed E-state index contributed by atoms with van der Waals surface area (Å²) in [5.41, 5.74) is 3.04. The fraction of sp³-hybridized carbons (Fsp3) is 0.600. The maximum atomic E-state index is 11.8. The number of benzene rings is 2. The van der Waals surface area contributed by atoms with Gasteiger partial charge in [0.05, 0.1) is 38.2 Å². The van der Waals surface area contributed by atoms with Crippen molar-refractivity contribution in [2.24, 2.45) is 0 Å². The second kappa shape index (κ2) is 14.3. The van der Waals surface area contributed by atoms with E-state index in [0.717, 1.165) is 60.8 Å². The number of anilines is 1. The van der Waals surface area contributed by atoms with E-state index < -0.39 is 5.60 Å². The molecule has 2 heterocycles. The molecule has 210 valence electrons. The van der Waals surface area contributed by atoms with Crippen LogP contribution in [0.2, 0.25) is 0 Å². The highest BCUT2D eigenvalue weighted by atomic mass is 16.5. The molecule has 8 heteroatoms. The summed E-state index contributed by atoms with van der Waals surface area (Å²) >= 11 is 0. The van der Waals surface area contributed by atoms with Gasteiger partial charge in [-0.1, -0.05) is 30.3 Å². The van der Waals surface area contributed by atoms with Gasteiger partial charge in [0, 0.05) is 33.4 Å².